The molecule has 2 unspecified atom stereocenters. The fourth-order valence-electron chi connectivity index (χ4n) is 2.12. The SMILES string of the molecule is O=C(NC(CCl)Cc1ccccc1)C1CCCS1. The van der Waals surface area contributed by atoms with Gasteiger partial charge in [0, 0.05) is 11.9 Å². The minimum atomic E-state index is 0.0303. The Morgan fingerprint density at radius 2 is 2.22 bits per heavy atom. The van der Waals surface area contributed by atoms with E-state index in [1.807, 2.05) is 18.2 Å². The molecule has 98 valence electrons. The van der Waals surface area contributed by atoms with Crippen molar-refractivity contribution in [2.45, 2.75) is 30.6 Å². The van der Waals surface area contributed by atoms with Crippen LogP contribution in [0, 0.1) is 0 Å². The fraction of sp³-hybridized carbons (Fsp3) is 0.500. The molecule has 1 saturated heterocycles. The van der Waals surface area contributed by atoms with Crippen LogP contribution in [0.2, 0.25) is 0 Å². The topological polar surface area (TPSA) is 29.1 Å². The minimum Gasteiger partial charge on any atom is -0.351 e. The van der Waals surface area contributed by atoms with E-state index in [1.54, 1.807) is 11.8 Å². The molecule has 18 heavy (non-hydrogen) atoms. The molecule has 0 saturated carbocycles. The number of nitrogens with one attached hydrogen (secondary N) is 1. The van der Waals surface area contributed by atoms with E-state index in [0.29, 0.717) is 5.88 Å². The first-order valence-corrected chi connectivity index (χ1v) is 7.90. The maximum atomic E-state index is 12.0. The van der Waals surface area contributed by atoms with Gasteiger partial charge in [0.05, 0.1) is 5.25 Å². The van der Waals surface area contributed by atoms with Crippen LogP contribution in [0.25, 0.3) is 0 Å². The van der Waals surface area contributed by atoms with E-state index >= 15 is 0 Å². The second-order valence-corrected chi connectivity index (χ2v) is 6.17. The molecule has 1 fully saturated rings. The van der Waals surface area contributed by atoms with Crippen molar-refractivity contribution >= 4 is 29.3 Å². The van der Waals surface area contributed by atoms with E-state index in [0.717, 1.165) is 25.0 Å². The molecule has 0 spiro atoms. The zero-order valence-corrected chi connectivity index (χ0v) is 11.8. The van der Waals surface area contributed by atoms with Crippen LogP contribution < -0.4 is 5.32 Å². The van der Waals surface area contributed by atoms with Crippen LogP contribution in [0.4, 0.5) is 0 Å². The average molecular weight is 284 g/mol. The number of carbonyl (C=O) groups excluding carboxylic acids is 1. The van der Waals surface area contributed by atoms with Gasteiger partial charge in [0.2, 0.25) is 5.91 Å². The van der Waals surface area contributed by atoms with Crippen molar-refractivity contribution in [1.82, 2.24) is 5.32 Å². The van der Waals surface area contributed by atoms with Gasteiger partial charge < -0.3 is 5.32 Å². The first kappa shape index (κ1) is 13.8. The van der Waals surface area contributed by atoms with Crippen LogP contribution in [0.15, 0.2) is 30.3 Å². The van der Waals surface area contributed by atoms with Gasteiger partial charge in [0.1, 0.15) is 0 Å². The molecule has 2 nitrogen and oxygen atoms in total. The van der Waals surface area contributed by atoms with Crippen LogP contribution in [0.5, 0.6) is 0 Å². The maximum Gasteiger partial charge on any atom is 0.233 e. The van der Waals surface area contributed by atoms with Crippen molar-refractivity contribution in [1.29, 1.82) is 0 Å². The molecule has 1 N–H and O–H groups in total. The van der Waals surface area contributed by atoms with Gasteiger partial charge in [-0.1, -0.05) is 30.3 Å². The van der Waals surface area contributed by atoms with E-state index in [2.05, 4.69) is 17.4 Å². The Labute approximate surface area is 117 Å². The third-order valence-corrected chi connectivity index (χ3v) is 4.83. The van der Waals surface area contributed by atoms with Crippen molar-refractivity contribution < 1.29 is 4.79 Å². The van der Waals surface area contributed by atoms with E-state index in [-0.39, 0.29) is 17.2 Å². The van der Waals surface area contributed by atoms with Crippen molar-refractivity contribution in [3.63, 3.8) is 0 Å². The first-order valence-electron chi connectivity index (χ1n) is 6.31. The van der Waals surface area contributed by atoms with Gasteiger partial charge in [-0.3, -0.25) is 4.79 Å². The summed E-state index contributed by atoms with van der Waals surface area (Å²) < 4.78 is 0. The number of hydrogen-bond donors (Lipinski definition) is 1. The predicted molar refractivity (Wildman–Crippen MR) is 78.3 cm³/mol. The molecule has 0 aromatic heterocycles. The highest BCUT2D eigenvalue weighted by Crippen LogP contribution is 2.26. The number of thioether (sulfide) groups is 1. The molecule has 4 heteroatoms. The summed E-state index contributed by atoms with van der Waals surface area (Å²) in [6.45, 7) is 0. The summed E-state index contributed by atoms with van der Waals surface area (Å²) in [5, 5.41) is 3.20. The van der Waals surface area contributed by atoms with Crippen molar-refractivity contribution in [2.75, 3.05) is 11.6 Å². The van der Waals surface area contributed by atoms with Gasteiger partial charge in [-0.2, -0.15) is 0 Å². The summed E-state index contributed by atoms with van der Waals surface area (Å²) in [5.41, 5.74) is 1.21. The first-order chi connectivity index (χ1) is 8.79. The van der Waals surface area contributed by atoms with E-state index < -0.39 is 0 Å². The lowest BCUT2D eigenvalue weighted by atomic mass is 10.1. The lowest BCUT2D eigenvalue weighted by Crippen LogP contribution is -2.41. The summed E-state index contributed by atoms with van der Waals surface area (Å²) in [5.74, 6) is 1.71. The third-order valence-electron chi connectivity index (χ3n) is 3.08. The second kappa shape index (κ2) is 7.05. The van der Waals surface area contributed by atoms with E-state index in [1.165, 1.54) is 5.56 Å². The molecule has 1 heterocycles. The zero-order chi connectivity index (χ0) is 12.8. The van der Waals surface area contributed by atoms with Gasteiger partial charge in [-0.15, -0.1) is 23.4 Å². The highest BCUT2D eigenvalue weighted by molar-refractivity contribution is 8.00. The molecule has 1 amide bonds. The molecule has 1 aliphatic rings. The molecule has 0 aliphatic carbocycles. The molecule has 1 aliphatic heterocycles. The Morgan fingerprint density at radius 3 is 2.83 bits per heavy atom. The van der Waals surface area contributed by atoms with Gasteiger partial charge >= 0.3 is 0 Å². The summed E-state index contributed by atoms with van der Waals surface area (Å²) in [7, 11) is 0. The monoisotopic (exact) mass is 283 g/mol. The van der Waals surface area contributed by atoms with Crippen molar-refractivity contribution in [2.24, 2.45) is 0 Å². The van der Waals surface area contributed by atoms with Crippen LogP contribution in [-0.2, 0) is 11.2 Å². The molecule has 2 atom stereocenters. The number of halogens is 1. The smallest absolute Gasteiger partial charge is 0.233 e. The normalized spacial score (nSPS) is 20.6. The quantitative estimate of drug-likeness (QED) is 0.842. The average Bonchev–Trinajstić information content (AvgIpc) is 2.93. The molecule has 0 bridgehead atoms. The molecule has 1 aromatic rings. The van der Waals surface area contributed by atoms with Gasteiger partial charge in [-0.25, -0.2) is 0 Å². The van der Waals surface area contributed by atoms with Crippen LogP contribution in [-0.4, -0.2) is 28.8 Å². The summed E-state index contributed by atoms with van der Waals surface area (Å²) in [4.78, 5) is 12.0. The predicted octanol–water partition coefficient (Wildman–Crippen LogP) is 2.85. The van der Waals surface area contributed by atoms with E-state index in [4.69, 9.17) is 11.6 Å². The lowest BCUT2D eigenvalue weighted by molar-refractivity contribution is -0.121. The number of hydrogen-bond acceptors (Lipinski definition) is 2. The van der Waals surface area contributed by atoms with Crippen LogP contribution >= 0.6 is 23.4 Å². The minimum absolute atomic E-state index is 0.0303. The lowest BCUT2D eigenvalue weighted by Gasteiger charge is -2.18. The highest BCUT2D eigenvalue weighted by Gasteiger charge is 2.25. The molecule has 2 rings (SSSR count). The van der Waals surface area contributed by atoms with Gasteiger partial charge in [-0.05, 0) is 30.6 Å². The largest absolute Gasteiger partial charge is 0.351 e. The summed E-state index contributed by atoms with van der Waals surface area (Å²) >= 11 is 7.70. The third kappa shape index (κ3) is 3.92. The van der Waals surface area contributed by atoms with Gasteiger partial charge in [0.15, 0.2) is 0 Å². The Hall–Kier alpha value is -0.670. The highest BCUT2D eigenvalue weighted by atomic mass is 35.5. The summed E-state index contributed by atoms with van der Waals surface area (Å²) in [6.07, 6.45) is 2.94. The maximum absolute atomic E-state index is 12.0. The Bertz CT molecular complexity index is 379. The Balaban J connectivity index is 1.87. The Morgan fingerprint density at radius 1 is 1.44 bits per heavy atom. The standard InChI is InChI=1S/C14H18ClNOS/c15-10-12(9-11-5-2-1-3-6-11)16-14(17)13-7-4-8-18-13/h1-3,5-6,12-13H,4,7-10H2,(H,16,17). The van der Waals surface area contributed by atoms with Gasteiger partial charge in [0.25, 0.3) is 0 Å². The number of rotatable bonds is 5. The van der Waals surface area contributed by atoms with Crippen molar-refractivity contribution in [3.05, 3.63) is 35.9 Å². The molecule has 0 radical (unpaired) electrons. The number of alkyl halides is 1. The zero-order valence-electron chi connectivity index (χ0n) is 10.3. The van der Waals surface area contributed by atoms with Crippen molar-refractivity contribution in [3.8, 4) is 0 Å². The van der Waals surface area contributed by atoms with E-state index in [9.17, 15) is 4.79 Å². The van der Waals surface area contributed by atoms with Crippen LogP contribution in [0.3, 0.4) is 0 Å². The number of carbonyl (C=O) groups is 1. The fourth-order valence-corrected chi connectivity index (χ4v) is 3.48. The summed E-state index contributed by atoms with van der Waals surface area (Å²) in [6, 6.07) is 10.2. The second-order valence-electron chi connectivity index (χ2n) is 4.55. The van der Waals surface area contributed by atoms with Crippen LogP contribution in [0.1, 0.15) is 18.4 Å². The molecular formula is C14H18ClNOS. The molecular weight excluding hydrogens is 266 g/mol. The molecule has 1 aromatic carbocycles. The number of amides is 1. The Kier molecular flexibility index (Phi) is 5.39. The number of benzene rings is 1.